The third kappa shape index (κ3) is 8.63. The highest BCUT2D eigenvalue weighted by Gasteiger charge is 2.37. The van der Waals surface area contributed by atoms with E-state index in [1.54, 1.807) is 32.0 Å². The summed E-state index contributed by atoms with van der Waals surface area (Å²) in [5.41, 5.74) is -2.33. The topological polar surface area (TPSA) is 171 Å². The van der Waals surface area contributed by atoms with Gasteiger partial charge in [-0.2, -0.15) is 8.42 Å². The van der Waals surface area contributed by atoms with Gasteiger partial charge in [-0.15, -0.1) is 0 Å². The summed E-state index contributed by atoms with van der Waals surface area (Å²) in [6, 6.07) is 4.80. The molecular formula is C21H31N3O8S. The predicted octanol–water partition coefficient (Wildman–Crippen LogP) is 0.545. The van der Waals surface area contributed by atoms with Gasteiger partial charge in [-0.1, -0.05) is 44.2 Å². The first-order valence-electron chi connectivity index (χ1n) is 11.5. The Hall–Kier alpha value is -2.70. The number of ether oxygens (including phenoxy) is 1. The van der Waals surface area contributed by atoms with Gasteiger partial charge in [0.1, 0.15) is 12.6 Å². The minimum atomic E-state index is -4.99. The second kappa shape index (κ2) is 12.0. The maximum absolute atomic E-state index is 13.0. The summed E-state index contributed by atoms with van der Waals surface area (Å²) >= 11 is 0. The van der Waals surface area contributed by atoms with Gasteiger partial charge in [0.05, 0.1) is 8.78 Å². The van der Waals surface area contributed by atoms with Crippen molar-refractivity contribution in [1.82, 2.24) is 16.0 Å². The smallest absolute Gasteiger partial charge is 0.408 e. The molecule has 3 amide bonds. The molecule has 4 atom stereocenters. The average Bonchev–Trinajstić information content (AvgIpc) is 3.15. The van der Waals surface area contributed by atoms with Crippen LogP contribution in [0.4, 0.5) is 4.79 Å². The highest BCUT2D eigenvalue weighted by molar-refractivity contribution is 7.86. The lowest BCUT2D eigenvalue weighted by Gasteiger charge is -2.27. The zero-order valence-corrected chi connectivity index (χ0v) is 19.2. The molecule has 0 saturated carbocycles. The molecule has 0 aliphatic carbocycles. The maximum atomic E-state index is 13.0. The molecule has 12 heteroatoms. The molecule has 1 saturated heterocycles. The Kier molecular flexibility index (Phi) is 8.50. The molecule has 1 aromatic rings. The molecular weight excluding hydrogens is 454 g/mol. The van der Waals surface area contributed by atoms with Gasteiger partial charge in [0.15, 0.2) is 0 Å². The van der Waals surface area contributed by atoms with Crippen LogP contribution in [0.1, 0.15) is 41.4 Å². The zero-order chi connectivity index (χ0) is 26.4. The SMILES string of the molecule is [2H]C([2H])(OC(=O)N[C@H](CC(C)C)C(=O)N[C@H](C[C@@H]1CCNC1=O)C(O)S(=O)(=O)O)c1ccccc1. The monoisotopic (exact) mass is 487 g/mol. The number of amides is 3. The molecule has 184 valence electrons. The average molecular weight is 488 g/mol. The van der Waals surface area contributed by atoms with Crippen LogP contribution < -0.4 is 16.0 Å². The Balaban J connectivity index is 2.16. The van der Waals surface area contributed by atoms with E-state index >= 15 is 0 Å². The Morgan fingerprint density at radius 2 is 1.94 bits per heavy atom. The lowest BCUT2D eigenvalue weighted by molar-refractivity contribution is -0.126. The number of hydrogen-bond acceptors (Lipinski definition) is 7. The minimum Gasteiger partial charge on any atom is -0.445 e. The number of benzene rings is 1. The number of aliphatic hydroxyl groups is 1. The molecule has 0 aromatic heterocycles. The molecule has 1 aromatic carbocycles. The fraction of sp³-hybridized carbons (Fsp3) is 0.571. The van der Waals surface area contributed by atoms with Gasteiger partial charge in [0.2, 0.25) is 17.3 Å². The highest BCUT2D eigenvalue weighted by Crippen LogP contribution is 2.20. The molecule has 11 nitrogen and oxygen atoms in total. The Bertz CT molecular complexity index is 1010. The summed E-state index contributed by atoms with van der Waals surface area (Å²) in [7, 11) is -4.99. The van der Waals surface area contributed by atoms with Crippen LogP contribution in [0.15, 0.2) is 30.3 Å². The molecule has 1 aliphatic rings. The Morgan fingerprint density at radius 1 is 1.27 bits per heavy atom. The van der Waals surface area contributed by atoms with Crippen molar-refractivity contribution in [2.45, 2.75) is 57.2 Å². The van der Waals surface area contributed by atoms with E-state index in [4.69, 9.17) is 7.48 Å². The van der Waals surface area contributed by atoms with Crippen LogP contribution in [0, 0.1) is 11.8 Å². The molecule has 0 spiro atoms. The van der Waals surface area contributed by atoms with Crippen molar-refractivity contribution in [3.05, 3.63) is 35.9 Å². The van der Waals surface area contributed by atoms with Gasteiger partial charge in [-0.3, -0.25) is 14.1 Å². The second-order valence-electron chi connectivity index (χ2n) is 8.22. The number of nitrogens with one attached hydrogen (secondary N) is 3. The molecule has 0 radical (unpaired) electrons. The molecule has 2 rings (SSSR count). The molecule has 0 bridgehead atoms. The van der Waals surface area contributed by atoms with Crippen molar-refractivity contribution in [3.8, 4) is 0 Å². The first kappa shape index (κ1) is 23.5. The zero-order valence-electron chi connectivity index (χ0n) is 20.4. The third-order valence-corrected chi connectivity index (χ3v) is 5.97. The summed E-state index contributed by atoms with van der Waals surface area (Å²) in [6.45, 7) is 1.36. The quantitative estimate of drug-likeness (QED) is 0.282. The third-order valence-electron chi connectivity index (χ3n) is 5.03. The standard InChI is InChI=1S/C21H31N3O8S/c1-13(2)10-16(24-21(28)32-12-14-6-4-3-5-7-14)19(26)23-17(20(27)33(29,30)31)11-15-8-9-22-18(15)25/h3-7,13,15-17,20,27H,8-12H2,1-2H3,(H,22,25)(H,23,26)(H,24,28)(H,29,30,31)/t15-,16+,17+,20?/m0/s1/i12D2. The number of carbonyl (C=O) groups is 3. The number of aliphatic hydroxyl groups excluding tert-OH is 1. The largest absolute Gasteiger partial charge is 0.445 e. The summed E-state index contributed by atoms with van der Waals surface area (Å²) in [4.78, 5) is 37.3. The highest BCUT2D eigenvalue weighted by atomic mass is 32.2. The van der Waals surface area contributed by atoms with E-state index in [1.165, 1.54) is 12.1 Å². The van der Waals surface area contributed by atoms with Crippen LogP contribution in [0.3, 0.4) is 0 Å². The van der Waals surface area contributed by atoms with Crippen LogP contribution >= 0.6 is 0 Å². The number of hydrogen-bond donors (Lipinski definition) is 5. The van der Waals surface area contributed by atoms with Crippen molar-refractivity contribution in [1.29, 1.82) is 0 Å². The lowest BCUT2D eigenvalue weighted by atomic mass is 9.97. The molecule has 1 heterocycles. The van der Waals surface area contributed by atoms with E-state index in [0.29, 0.717) is 13.0 Å². The van der Waals surface area contributed by atoms with E-state index < -0.39 is 52.1 Å². The van der Waals surface area contributed by atoms with Crippen LogP contribution in [-0.4, -0.2) is 60.0 Å². The normalized spacial score (nSPS) is 20.2. The second-order valence-corrected chi connectivity index (χ2v) is 9.73. The van der Waals surface area contributed by atoms with Crippen LogP contribution in [0.25, 0.3) is 0 Å². The van der Waals surface area contributed by atoms with Gasteiger partial charge < -0.3 is 25.8 Å². The fourth-order valence-corrected chi connectivity index (χ4v) is 3.99. The van der Waals surface area contributed by atoms with Crippen molar-refractivity contribution >= 4 is 28.0 Å². The van der Waals surface area contributed by atoms with Crippen molar-refractivity contribution in [3.63, 3.8) is 0 Å². The number of carbonyl (C=O) groups excluding carboxylic acids is 3. The van der Waals surface area contributed by atoms with Gasteiger partial charge >= 0.3 is 6.09 Å². The first-order chi connectivity index (χ1) is 16.2. The van der Waals surface area contributed by atoms with Gasteiger partial charge in [-0.25, -0.2) is 4.79 Å². The molecule has 33 heavy (non-hydrogen) atoms. The van der Waals surface area contributed by atoms with Crippen molar-refractivity contribution in [2.75, 3.05) is 6.54 Å². The van der Waals surface area contributed by atoms with Crippen LogP contribution in [0.5, 0.6) is 0 Å². The summed E-state index contributed by atoms with van der Waals surface area (Å²) < 4.78 is 53.3. The summed E-state index contributed by atoms with van der Waals surface area (Å²) in [5, 5.41) is 17.3. The van der Waals surface area contributed by atoms with E-state index in [0.717, 1.165) is 0 Å². The van der Waals surface area contributed by atoms with E-state index in [1.807, 2.05) is 0 Å². The molecule has 1 unspecified atom stereocenters. The Morgan fingerprint density at radius 3 is 2.48 bits per heavy atom. The maximum Gasteiger partial charge on any atom is 0.408 e. The first-order valence-corrected chi connectivity index (χ1v) is 12.0. The molecule has 1 aliphatic heterocycles. The van der Waals surface area contributed by atoms with E-state index in [2.05, 4.69) is 16.0 Å². The number of alkyl carbamates (subject to hydrolysis) is 1. The van der Waals surface area contributed by atoms with Crippen LogP contribution in [-0.2, 0) is 31.0 Å². The van der Waals surface area contributed by atoms with Gasteiger partial charge in [-0.05, 0) is 30.7 Å². The molecule has 5 N–H and O–H groups in total. The Labute approximate surface area is 195 Å². The van der Waals surface area contributed by atoms with Crippen molar-refractivity contribution in [2.24, 2.45) is 11.8 Å². The minimum absolute atomic E-state index is 0.0634. The van der Waals surface area contributed by atoms with Gasteiger partial charge in [0.25, 0.3) is 10.1 Å². The van der Waals surface area contributed by atoms with E-state index in [-0.39, 0.29) is 30.2 Å². The number of rotatable bonds is 11. The fourth-order valence-electron chi connectivity index (χ4n) is 3.40. The lowest BCUT2D eigenvalue weighted by Crippen LogP contribution is -2.54. The molecule has 1 fully saturated rings. The van der Waals surface area contributed by atoms with Crippen molar-refractivity contribution < 1.29 is 39.9 Å². The van der Waals surface area contributed by atoms with Gasteiger partial charge in [0, 0.05) is 12.5 Å². The van der Waals surface area contributed by atoms with Crippen LogP contribution in [0.2, 0.25) is 0 Å². The predicted molar refractivity (Wildman–Crippen MR) is 118 cm³/mol. The summed E-state index contributed by atoms with van der Waals surface area (Å²) in [6.07, 6.45) is -1.10. The van der Waals surface area contributed by atoms with E-state index in [9.17, 15) is 32.5 Å². The summed E-state index contributed by atoms with van der Waals surface area (Å²) in [5.74, 6) is -2.11.